The number of nitrogens with zero attached hydrogens (tertiary/aromatic N) is 1. The van der Waals surface area contributed by atoms with Gasteiger partial charge in [-0.05, 0) is 24.6 Å². The molecule has 1 aromatic rings. The Labute approximate surface area is 131 Å². The van der Waals surface area contributed by atoms with Gasteiger partial charge in [0.05, 0.1) is 20.3 Å². The second kappa shape index (κ2) is 10.9. The molecule has 3 N–H and O–H groups in total. The topological polar surface area (TPSA) is 65.9 Å². The number of aliphatic hydroxyl groups excluding tert-OH is 1. The van der Waals surface area contributed by atoms with Crippen molar-refractivity contribution in [3.05, 3.63) is 29.8 Å². The first-order valence-corrected chi connectivity index (χ1v) is 6.06. The Morgan fingerprint density at radius 3 is 2.47 bits per heavy atom. The Balaban J connectivity index is 0.00000324. The highest BCUT2D eigenvalue weighted by molar-refractivity contribution is 14.0. The number of hydrogen-bond acceptors (Lipinski definition) is 3. The van der Waals surface area contributed by atoms with Gasteiger partial charge in [-0.3, -0.25) is 0 Å². The van der Waals surface area contributed by atoms with E-state index in [-0.39, 0.29) is 30.6 Å². The summed E-state index contributed by atoms with van der Waals surface area (Å²) >= 11 is 0. The van der Waals surface area contributed by atoms with Crippen LogP contribution in [-0.2, 0) is 6.54 Å². The quantitative estimate of drug-likeness (QED) is 0.397. The Morgan fingerprint density at radius 2 is 1.95 bits per heavy atom. The molecule has 1 rings (SSSR count). The van der Waals surface area contributed by atoms with Gasteiger partial charge in [0.1, 0.15) is 5.75 Å². The lowest BCUT2D eigenvalue weighted by atomic mass is 10.2. The van der Waals surface area contributed by atoms with Crippen molar-refractivity contribution in [3.8, 4) is 5.75 Å². The molecule has 0 atom stereocenters. The van der Waals surface area contributed by atoms with E-state index in [0.717, 1.165) is 17.9 Å². The summed E-state index contributed by atoms with van der Waals surface area (Å²) in [5.41, 5.74) is 1.11. The third kappa shape index (κ3) is 7.22. The molecule has 0 aliphatic rings. The van der Waals surface area contributed by atoms with Crippen LogP contribution >= 0.6 is 24.0 Å². The molecule has 0 aliphatic carbocycles. The number of aliphatic hydroxyl groups is 1. The van der Waals surface area contributed by atoms with Crippen molar-refractivity contribution in [2.24, 2.45) is 4.99 Å². The summed E-state index contributed by atoms with van der Waals surface area (Å²) in [7, 11) is 1.65. The van der Waals surface area contributed by atoms with E-state index in [0.29, 0.717) is 19.0 Å². The van der Waals surface area contributed by atoms with Gasteiger partial charge in [-0.25, -0.2) is 4.99 Å². The van der Waals surface area contributed by atoms with Gasteiger partial charge in [-0.1, -0.05) is 12.1 Å². The molecule has 0 aliphatic heterocycles. The van der Waals surface area contributed by atoms with Crippen LogP contribution in [0.25, 0.3) is 0 Å². The molecule has 0 heterocycles. The van der Waals surface area contributed by atoms with Crippen LogP contribution in [0.5, 0.6) is 5.75 Å². The SMILES string of the molecule is CCNC(=NCc1ccc(OC)cc1)NCCO.I. The fraction of sp³-hybridized carbons (Fsp3) is 0.462. The fourth-order valence-corrected chi connectivity index (χ4v) is 1.42. The van der Waals surface area contributed by atoms with Crippen LogP contribution < -0.4 is 15.4 Å². The molecule has 108 valence electrons. The molecule has 6 heteroatoms. The van der Waals surface area contributed by atoms with Gasteiger partial charge in [0, 0.05) is 13.1 Å². The van der Waals surface area contributed by atoms with E-state index in [1.165, 1.54) is 0 Å². The van der Waals surface area contributed by atoms with Gasteiger partial charge in [0.15, 0.2) is 5.96 Å². The first-order valence-electron chi connectivity index (χ1n) is 6.06. The van der Waals surface area contributed by atoms with E-state index >= 15 is 0 Å². The Morgan fingerprint density at radius 1 is 1.26 bits per heavy atom. The average Bonchev–Trinajstić information content (AvgIpc) is 2.42. The van der Waals surface area contributed by atoms with Gasteiger partial charge in [0.25, 0.3) is 0 Å². The standard InChI is InChI=1S/C13H21N3O2.HI/c1-3-14-13(15-8-9-17)16-10-11-4-6-12(18-2)7-5-11;/h4-7,17H,3,8-10H2,1-2H3,(H2,14,15,16);1H. The first-order chi connectivity index (χ1) is 8.80. The second-order valence-electron chi connectivity index (χ2n) is 3.69. The predicted molar refractivity (Wildman–Crippen MR) is 88.3 cm³/mol. The lowest BCUT2D eigenvalue weighted by Crippen LogP contribution is -2.38. The number of hydrogen-bond donors (Lipinski definition) is 3. The number of aliphatic imine (C=N–C) groups is 1. The highest BCUT2D eigenvalue weighted by atomic mass is 127. The molecule has 0 bridgehead atoms. The molecule has 0 radical (unpaired) electrons. The molecular weight excluding hydrogens is 357 g/mol. The van der Waals surface area contributed by atoms with Crippen molar-refractivity contribution >= 4 is 29.9 Å². The summed E-state index contributed by atoms with van der Waals surface area (Å²) < 4.78 is 5.10. The van der Waals surface area contributed by atoms with E-state index in [1.807, 2.05) is 31.2 Å². The number of halogens is 1. The largest absolute Gasteiger partial charge is 0.497 e. The summed E-state index contributed by atoms with van der Waals surface area (Å²) in [6, 6.07) is 7.80. The molecule has 0 amide bonds. The third-order valence-corrected chi connectivity index (χ3v) is 2.33. The van der Waals surface area contributed by atoms with Crippen molar-refractivity contribution in [1.82, 2.24) is 10.6 Å². The molecule has 0 saturated carbocycles. The normalized spacial score (nSPS) is 10.6. The zero-order valence-electron chi connectivity index (χ0n) is 11.3. The Hall–Kier alpha value is -1.02. The first kappa shape index (κ1) is 18.0. The van der Waals surface area contributed by atoms with Crippen LogP contribution in [0, 0.1) is 0 Å². The molecule has 0 spiro atoms. The summed E-state index contributed by atoms with van der Waals surface area (Å²) in [4.78, 5) is 4.42. The van der Waals surface area contributed by atoms with Crippen LogP contribution in [0.2, 0.25) is 0 Å². The third-order valence-electron chi connectivity index (χ3n) is 2.33. The van der Waals surface area contributed by atoms with Crippen LogP contribution in [0.4, 0.5) is 0 Å². The summed E-state index contributed by atoms with van der Waals surface area (Å²) in [5.74, 6) is 1.55. The van der Waals surface area contributed by atoms with Gasteiger partial charge in [0.2, 0.25) is 0 Å². The van der Waals surface area contributed by atoms with Crippen molar-refractivity contribution in [2.75, 3.05) is 26.8 Å². The summed E-state index contributed by atoms with van der Waals surface area (Å²) in [6.45, 7) is 3.97. The summed E-state index contributed by atoms with van der Waals surface area (Å²) in [6.07, 6.45) is 0. The zero-order valence-corrected chi connectivity index (χ0v) is 13.7. The molecule has 0 fully saturated rings. The maximum absolute atomic E-state index is 8.77. The van der Waals surface area contributed by atoms with Crippen molar-refractivity contribution in [3.63, 3.8) is 0 Å². The second-order valence-corrected chi connectivity index (χ2v) is 3.69. The predicted octanol–water partition coefficient (Wildman–Crippen LogP) is 1.36. The molecule has 0 aromatic heterocycles. The van der Waals surface area contributed by atoms with Crippen molar-refractivity contribution in [2.45, 2.75) is 13.5 Å². The maximum atomic E-state index is 8.77. The molecular formula is C13H22IN3O2. The van der Waals surface area contributed by atoms with Crippen molar-refractivity contribution in [1.29, 1.82) is 0 Å². The lowest BCUT2D eigenvalue weighted by molar-refractivity contribution is 0.300. The van der Waals surface area contributed by atoms with Gasteiger partial charge in [-0.2, -0.15) is 0 Å². The van der Waals surface area contributed by atoms with Crippen molar-refractivity contribution < 1.29 is 9.84 Å². The average molecular weight is 379 g/mol. The number of rotatable bonds is 6. The smallest absolute Gasteiger partial charge is 0.191 e. The van der Waals surface area contributed by atoms with E-state index in [2.05, 4.69) is 15.6 Å². The van der Waals surface area contributed by atoms with E-state index < -0.39 is 0 Å². The number of guanidine groups is 1. The van der Waals surface area contributed by atoms with Gasteiger partial charge >= 0.3 is 0 Å². The fourth-order valence-electron chi connectivity index (χ4n) is 1.42. The monoisotopic (exact) mass is 379 g/mol. The molecule has 0 saturated heterocycles. The van der Waals surface area contributed by atoms with Crippen LogP contribution in [-0.4, -0.2) is 37.9 Å². The minimum atomic E-state index is 0. The summed E-state index contributed by atoms with van der Waals surface area (Å²) in [5, 5.41) is 14.9. The highest BCUT2D eigenvalue weighted by Gasteiger charge is 1.97. The van der Waals surface area contributed by atoms with Crippen LogP contribution in [0.1, 0.15) is 12.5 Å². The molecule has 19 heavy (non-hydrogen) atoms. The van der Waals surface area contributed by atoms with Gasteiger partial charge in [-0.15, -0.1) is 24.0 Å². The number of ether oxygens (including phenoxy) is 1. The van der Waals surface area contributed by atoms with E-state index in [9.17, 15) is 0 Å². The zero-order chi connectivity index (χ0) is 13.2. The number of nitrogens with one attached hydrogen (secondary N) is 2. The van der Waals surface area contributed by atoms with Crippen LogP contribution in [0.15, 0.2) is 29.3 Å². The minimum Gasteiger partial charge on any atom is -0.497 e. The highest BCUT2D eigenvalue weighted by Crippen LogP contribution is 2.11. The van der Waals surface area contributed by atoms with E-state index in [1.54, 1.807) is 7.11 Å². The number of benzene rings is 1. The number of methoxy groups -OCH3 is 1. The maximum Gasteiger partial charge on any atom is 0.191 e. The van der Waals surface area contributed by atoms with Gasteiger partial charge < -0.3 is 20.5 Å². The van der Waals surface area contributed by atoms with Crippen LogP contribution in [0.3, 0.4) is 0 Å². The lowest BCUT2D eigenvalue weighted by Gasteiger charge is -2.10. The Kier molecular flexibility index (Phi) is 10.3. The molecule has 1 aromatic carbocycles. The van der Waals surface area contributed by atoms with E-state index in [4.69, 9.17) is 9.84 Å². The minimum absolute atomic E-state index is 0. The molecule has 0 unspecified atom stereocenters. The molecule has 5 nitrogen and oxygen atoms in total. The Bertz CT molecular complexity index is 369.